The molecular formula is C15H31O2Si. The quantitative estimate of drug-likeness (QED) is 0.600. The first-order valence-electron chi connectivity index (χ1n) is 7.22. The summed E-state index contributed by atoms with van der Waals surface area (Å²) in [4.78, 5) is 11.7. The van der Waals surface area contributed by atoms with Crippen molar-refractivity contribution in [1.82, 2.24) is 0 Å². The van der Waals surface area contributed by atoms with Crippen molar-refractivity contribution in [3.63, 3.8) is 0 Å². The Morgan fingerprint density at radius 3 is 1.50 bits per heavy atom. The van der Waals surface area contributed by atoms with Crippen LogP contribution in [0.15, 0.2) is 0 Å². The Morgan fingerprint density at radius 1 is 0.944 bits per heavy atom. The second-order valence-electron chi connectivity index (χ2n) is 6.70. The highest BCUT2D eigenvalue weighted by Gasteiger charge is 2.40. The van der Waals surface area contributed by atoms with Crippen LogP contribution in [0.2, 0.25) is 18.1 Å². The summed E-state index contributed by atoms with van der Waals surface area (Å²) >= 11 is 0. The average molecular weight is 271 g/mol. The van der Waals surface area contributed by atoms with E-state index in [0.717, 1.165) is 18.1 Å². The van der Waals surface area contributed by atoms with E-state index in [1.807, 2.05) is 0 Å². The third-order valence-corrected chi connectivity index (χ3v) is 8.22. The van der Waals surface area contributed by atoms with Crippen LogP contribution in [0.5, 0.6) is 0 Å². The van der Waals surface area contributed by atoms with Gasteiger partial charge in [0.15, 0.2) is 0 Å². The molecule has 0 aliphatic rings. The fourth-order valence-corrected chi connectivity index (χ4v) is 8.70. The van der Waals surface area contributed by atoms with Gasteiger partial charge < -0.3 is 4.43 Å². The second-order valence-corrected chi connectivity index (χ2v) is 10.5. The van der Waals surface area contributed by atoms with Crippen molar-refractivity contribution in [3.8, 4) is 0 Å². The van der Waals surface area contributed by atoms with E-state index >= 15 is 0 Å². The number of rotatable bonds is 8. The van der Waals surface area contributed by atoms with Gasteiger partial charge in [-0.05, 0) is 42.8 Å². The van der Waals surface area contributed by atoms with Crippen molar-refractivity contribution >= 4 is 14.3 Å². The lowest BCUT2D eigenvalue weighted by Gasteiger charge is -2.35. The van der Waals surface area contributed by atoms with Gasteiger partial charge in [0.25, 0.3) is 14.3 Å². The van der Waals surface area contributed by atoms with Gasteiger partial charge in [-0.15, -0.1) is 0 Å². The topological polar surface area (TPSA) is 26.3 Å². The standard InChI is InChI=1S/C15H31O2Si/c1-8-15(16)17-18(9-12(2)3,10-13(4)5)11-14(6)7/h12-14H,1,8-11H2,2-7H3. The third-order valence-electron chi connectivity index (χ3n) is 2.88. The maximum Gasteiger partial charge on any atom is 0.292 e. The molecule has 0 aliphatic heterocycles. The van der Waals surface area contributed by atoms with E-state index in [9.17, 15) is 4.79 Å². The molecule has 3 heteroatoms. The molecule has 0 N–H and O–H groups in total. The first-order chi connectivity index (χ1) is 8.20. The monoisotopic (exact) mass is 271 g/mol. The average Bonchev–Trinajstić information content (AvgIpc) is 2.12. The number of carbonyl (C=O) groups is 1. The Labute approximate surface area is 115 Å². The molecule has 18 heavy (non-hydrogen) atoms. The van der Waals surface area contributed by atoms with Gasteiger partial charge in [0.05, 0.1) is 0 Å². The zero-order valence-corrected chi connectivity index (χ0v) is 14.1. The van der Waals surface area contributed by atoms with Gasteiger partial charge >= 0.3 is 0 Å². The van der Waals surface area contributed by atoms with Gasteiger partial charge in [-0.25, -0.2) is 0 Å². The van der Waals surface area contributed by atoms with Crippen LogP contribution in [0, 0.1) is 24.7 Å². The summed E-state index contributed by atoms with van der Waals surface area (Å²) in [6.07, 6.45) is 0.253. The molecule has 0 saturated carbocycles. The smallest absolute Gasteiger partial charge is 0.292 e. The van der Waals surface area contributed by atoms with Crippen LogP contribution in [0.25, 0.3) is 0 Å². The zero-order chi connectivity index (χ0) is 14.3. The molecular weight excluding hydrogens is 240 g/mol. The Hall–Kier alpha value is -0.313. The Morgan fingerprint density at radius 2 is 1.28 bits per heavy atom. The third kappa shape index (κ3) is 7.19. The highest BCUT2D eigenvalue weighted by molar-refractivity contribution is 6.75. The fraction of sp³-hybridized carbons (Fsp3) is 0.867. The Kier molecular flexibility index (Phi) is 7.84. The van der Waals surface area contributed by atoms with Crippen molar-refractivity contribution in [1.29, 1.82) is 0 Å². The van der Waals surface area contributed by atoms with Gasteiger partial charge in [-0.3, -0.25) is 4.79 Å². The fourth-order valence-electron chi connectivity index (χ4n) is 2.90. The first-order valence-corrected chi connectivity index (χ1v) is 9.75. The molecule has 0 atom stereocenters. The van der Waals surface area contributed by atoms with Crippen LogP contribution >= 0.6 is 0 Å². The van der Waals surface area contributed by atoms with E-state index in [4.69, 9.17) is 4.43 Å². The molecule has 0 aromatic carbocycles. The van der Waals surface area contributed by atoms with Crippen LogP contribution in [-0.4, -0.2) is 14.3 Å². The molecule has 0 aliphatic carbocycles. The normalized spacial score (nSPS) is 12.6. The predicted octanol–water partition coefficient (Wildman–Crippen LogP) is 4.67. The predicted molar refractivity (Wildman–Crippen MR) is 80.8 cm³/mol. The number of hydrogen-bond donors (Lipinski definition) is 0. The highest BCUT2D eigenvalue weighted by Crippen LogP contribution is 2.33. The molecule has 0 bridgehead atoms. The number of hydrogen-bond acceptors (Lipinski definition) is 2. The molecule has 0 rings (SSSR count). The minimum atomic E-state index is -1.96. The van der Waals surface area contributed by atoms with Crippen molar-refractivity contribution in [2.75, 3.05) is 0 Å². The Balaban J connectivity index is 5.03. The van der Waals surface area contributed by atoms with E-state index in [2.05, 4.69) is 48.5 Å². The summed E-state index contributed by atoms with van der Waals surface area (Å²) in [6.45, 7) is 17.0. The van der Waals surface area contributed by atoms with E-state index in [1.165, 1.54) is 0 Å². The molecule has 0 spiro atoms. The second kappa shape index (κ2) is 7.98. The van der Waals surface area contributed by atoms with Gasteiger partial charge in [0.2, 0.25) is 0 Å². The molecule has 0 amide bonds. The van der Waals surface area contributed by atoms with Crippen LogP contribution in [0.1, 0.15) is 48.0 Å². The van der Waals surface area contributed by atoms with Crippen molar-refractivity contribution in [2.45, 2.75) is 66.1 Å². The Bertz CT molecular complexity index is 220. The molecule has 1 radical (unpaired) electrons. The largest absolute Gasteiger partial charge is 0.519 e. The minimum absolute atomic E-state index is 0.108. The van der Waals surface area contributed by atoms with Crippen LogP contribution in [0.4, 0.5) is 0 Å². The molecule has 2 nitrogen and oxygen atoms in total. The maximum absolute atomic E-state index is 11.7. The van der Waals surface area contributed by atoms with E-state index in [1.54, 1.807) is 0 Å². The molecule has 0 aromatic rings. The highest BCUT2D eigenvalue weighted by atomic mass is 28.4. The maximum atomic E-state index is 11.7. The van der Waals surface area contributed by atoms with E-state index in [-0.39, 0.29) is 12.4 Å². The van der Waals surface area contributed by atoms with Crippen LogP contribution in [0.3, 0.4) is 0 Å². The van der Waals surface area contributed by atoms with Gasteiger partial charge in [-0.2, -0.15) is 0 Å². The molecule has 0 fully saturated rings. The lowest BCUT2D eigenvalue weighted by Crippen LogP contribution is -2.43. The van der Waals surface area contributed by atoms with Crippen molar-refractivity contribution in [2.24, 2.45) is 17.8 Å². The minimum Gasteiger partial charge on any atom is -0.519 e. The molecule has 0 unspecified atom stereocenters. The number of carbonyl (C=O) groups excluding carboxylic acids is 1. The summed E-state index contributed by atoms with van der Waals surface area (Å²) in [5.74, 6) is 1.66. The molecule has 0 saturated heterocycles. The SMILES string of the molecule is [CH2]CC(=O)O[Si](CC(C)C)(CC(C)C)CC(C)C. The van der Waals surface area contributed by atoms with Gasteiger partial charge in [0, 0.05) is 6.42 Å². The summed E-state index contributed by atoms with van der Waals surface area (Å²) in [5, 5.41) is 0. The van der Waals surface area contributed by atoms with Gasteiger partial charge in [-0.1, -0.05) is 41.5 Å². The molecule has 0 aromatic heterocycles. The summed E-state index contributed by atoms with van der Waals surface area (Å²) < 4.78 is 5.96. The zero-order valence-electron chi connectivity index (χ0n) is 13.1. The molecule has 0 heterocycles. The summed E-state index contributed by atoms with van der Waals surface area (Å²) in [7, 11) is -1.96. The lowest BCUT2D eigenvalue weighted by molar-refractivity contribution is -0.134. The van der Waals surface area contributed by atoms with E-state index < -0.39 is 8.32 Å². The van der Waals surface area contributed by atoms with E-state index in [0.29, 0.717) is 17.8 Å². The molecule has 107 valence electrons. The van der Waals surface area contributed by atoms with Crippen LogP contribution in [-0.2, 0) is 9.22 Å². The summed E-state index contributed by atoms with van der Waals surface area (Å²) in [5.41, 5.74) is 0. The van der Waals surface area contributed by atoms with Gasteiger partial charge in [0.1, 0.15) is 0 Å². The first kappa shape index (κ1) is 17.7. The summed E-state index contributed by atoms with van der Waals surface area (Å²) in [6, 6.07) is 3.24. The van der Waals surface area contributed by atoms with Crippen LogP contribution < -0.4 is 0 Å². The van der Waals surface area contributed by atoms with Crippen molar-refractivity contribution < 1.29 is 9.22 Å². The lowest BCUT2D eigenvalue weighted by atomic mass is 10.2. The van der Waals surface area contributed by atoms with Crippen molar-refractivity contribution in [3.05, 3.63) is 6.92 Å².